The highest BCUT2D eigenvalue weighted by Gasteiger charge is 2.20. The van der Waals surface area contributed by atoms with Crippen LogP contribution in [0.25, 0.3) is 0 Å². The maximum atomic E-state index is 4.17. The smallest absolute Gasteiger partial charge is 0.151 e. The number of likely N-dealkylation sites (N-methyl/N-ethyl adjacent to an activating group) is 1. The molecule has 1 atom stereocenters. The summed E-state index contributed by atoms with van der Waals surface area (Å²) in [5.41, 5.74) is 0.965. The van der Waals surface area contributed by atoms with E-state index in [1.807, 2.05) is 19.1 Å². The molecule has 1 saturated heterocycles. The SMILES string of the molecule is Cc1ccc(N(C)[C@H]2CCNC2)nn1. The first-order chi connectivity index (χ1) is 6.77. The first kappa shape index (κ1) is 9.40. The Morgan fingerprint density at radius 2 is 2.29 bits per heavy atom. The van der Waals surface area contributed by atoms with E-state index in [0.717, 1.165) is 24.6 Å². The van der Waals surface area contributed by atoms with E-state index in [2.05, 4.69) is 27.5 Å². The van der Waals surface area contributed by atoms with Crippen LogP contribution in [-0.4, -0.2) is 36.4 Å². The molecule has 1 aliphatic heterocycles. The van der Waals surface area contributed by atoms with E-state index in [9.17, 15) is 0 Å². The number of rotatable bonds is 2. The molecule has 1 aromatic rings. The van der Waals surface area contributed by atoms with Crippen molar-refractivity contribution in [1.82, 2.24) is 15.5 Å². The Bertz CT molecular complexity index is 289. The second-order valence-corrected chi connectivity index (χ2v) is 3.79. The van der Waals surface area contributed by atoms with E-state index >= 15 is 0 Å². The van der Waals surface area contributed by atoms with Crippen LogP contribution < -0.4 is 10.2 Å². The molecule has 2 rings (SSSR count). The van der Waals surface area contributed by atoms with E-state index in [1.54, 1.807) is 0 Å². The molecule has 1 N–H and O–H groups in total. The number of aromatic nitrogens is 2. The van der Waals surface area contributed by atoms with Crippen molar-refractivity contribution in [3.05, 3.63) is 17.8 Å². The maximum Gasteiger partial charge on any atom is 0.151 e. The van der Waals surface area contributed by atoms with Gasteiger partial charge in [-0.2, -0.15) is 5.10 Å². The zero-order valence-electron chi connectivity index (χ0n) is 8.70. The summed E-state index contributed by atoms with van der Waals surface area (Å²) < 4.78 is 0. The van der Waals surface area contributed by atoms with Gasteiger partial charge in [0, 0.05) is 19.6 Å². The normalized spacial score (nSPS) is 21.1. The molecule has 0 saturated carbocycles. The number of aryl methyl sites for hydroxylation is 1. The third-order valence-corrected chi connectivity index (χ3v) is 2.73. The minimum Gasteiger partial charge on any atom is -0.354 e. The zero-order valence-corrected chi connectivity index (χ0v) is 8.70. The fourth-order valence-corrected chi connectivity index (χ4v) is 1.74. The highest BCUT2D eigenvalue weighted by Crippen LogP contribution is 2.14. The minimum atomic E-state index is 0.562. The number of anilines is 1. The van der Waals surface area contributed by atoms with Crippen molar-refractivity contribution in [2.45, 2.75) is 19.4 Å². The largest absolute Gasteiger partial charge is 0.354 e. The first-order valence-electron chi connectivity index (χ1n) is 5.01. The van der Waals surface area contributed by atoms with E-state index in [0.29, 0.717) is 6.04 Å². The Hall–Kier alpha value is -1.16. The summed E-state index contributed by atoms with van der Waals surface area (Å²) in [6.45, 7) is 4.11. The van der Waals surface area contributed by atoms with Crippen LogP contribution in [0.4, 0.5) is 5.82 Å². The summed E-state index contributed by atoms with van der Waals surface area (Å²) in [6, 6.07) is 4.59. The van der Waals surface area contributed by atoms with Crippen LogP contribution in [0.3, 0.4) is 0 Å². The molecule has 2 heterocycles. The van der Waals surface area contributed by atoms with Gasteiger partial charge in [-0.05, 0) is 32.0 Å². The molecule has 0 unspecified atom stereocenters. The molecule has 4 heteroatoms. The Labute approximate surface area is 84.3 Å². The van der Waals surface area contributed by atoms with Crippen LogP contribution in [0.5, 0.6) is 0 Å². The van der Waals surface area contributed by atoms with Crippen molar-refractivity contribution in [1.29, 1.82) is 0 Å². The predicted molar refractivity (Wildman–Crippen MR) is 56.4 cm³/mol. The van der Waals surface area contributed by atoms with Crippen LogP contribution in [0.1, 0.15) is 12.1 Å². The molecule has 0 spiro atoms. The summed E-state index contributed by atoms with van der Waals surface area (Å²) >= 11 is 0. The maximum absolute atomic E-state index is 4.17. The van der Waals surface area contributed by atoms with E-state index in [4.69, 9.17) is 0 Å². The molecule has 0 radical (unpaired) electrons. The second-order valence-electron chi connectivity index (χ2n) is 3.79. The highest BCUT2D eigenvalue weighted by molar-refractivity contribution is 5.37. The lowest BCUT2D eigenvalue weighted by atomic mass is 10.2. The van der Waals surface area contributed by atoms with Gasteiger partial charge in [-0.15, -0.1) is 5.10 Å². The minimum absolute atomic E-state index is 0.562. The monoisotopic (exact) mass is 192 g/mol. The van der Waals surface area contributed by atoms with Gasteiger partial charge in [0.2, 0.25) is 0 Å². The van der Waals surface area contributed by atoms with Crippen LogP contribution in [0.2, 0.25) is 0 Å². The molecular weight excluding hydrogens is 176 g/mol. The van der Waals surface area contributed by atoms with Crippen LogP contribution >= 0.6 is 0 Å². The van der Waals surface area contributed by atoms with Crippen LogP contribution in [0, 0.1) is 6.92 Å². The number of nitrogens with one attached hydrogen (secondary N) is 1. The number of hydrogen-bond acceptors (Lipinski definition) is 4. The topological polar surface area (TPSA) is 41.0 Å². The van der Waals surface area contributed by atoms with Gasteiger partial charge in [-0.25, -0.2) is 0 Å². The average molecular weight is 192 g/mol. The quantitative estimate of drug-likeness (QED) is 0.744. The molecule has 76 valence electrons. The van der Waals surface area contributed by atoms with Gasteiger partial charge >= 0.3 is 0 Å². The van der Waals surface area contributed by atoms with Crippen molar-refractivity contribution >= 4 is 5.82 Å². The molecule has 1 aliphatic rings. The Morgan fingerprint density at radius 3 is 2.86 bits per heavy atom. The number of hydrogen-bond donors (Lipinski definition) is 1. The third kappa shape index (κ3) is 1.85. The van der Waals surface area contributed by atoms with E-state index in [1.165, 1.54) is 6.42 Å². The molecule has 0 aliphatic carbocycles. The summed E-state index contributed by atoms with van der Waals surface area (Å²) in [7, 11) is 2.08. The predicted octanol–water partition coefficient (Wildman–Crippen LogP) is 0.583. The van der Waals surface area contributed by atoms with Gasteiger partial charge in [0.05, 0.1) is 5.69 Å². The van der Waals surface area contributed by atoms with Gasteiger partial charge in [-0.1, -0.05) is 0 Å². The summed E-state index contributed by atoms with van der Waals surface area (Å²) in [5.74, 6) is 0.962. The summed E-state index contributed by atoms with van der Waals surface area (Å²) in [4.78, 5) is 2.20. The van der Waals surface area contributed by atoms with Gasteiger partial charge in [0.15, 0.2) is 5.82 Å². The van der Waals surface area contributed by atoms with E-state index < -0.39 is 0 Å². The zero-order chi connectivity index (χ0) is 9.97. The second kappa shape index (κ2) is 3.92. The summed E-state index contributed by atoms with van der Waals surface area (Å²) in [6.07, 6.45) is 1.19. The standard InChI is InChI=1S/C10H16N4/c1-8-3-4-10(13-12-8)14(2)9-5-6-11-7-9/h3-4,9,11H,5-7H2,1-2H3/t9-/m0/s1. The molecule has 14 heavy (non-hydrogen) atoms. The molecule has 4 nitrogen and oxygen atoms in total. The van der Waals surface area contributed by atoms with Crippen LogP contribution in [0.15, 0.2) is 12.1 Å². The Kier molecular flexibility index (Phi) is 2.63. The van der Waals surface area contributed by atoms with Gasteiger partial charge in [0.25, 0.3) is 0 Å². The van der Waals surface area contributed by atoms with Crippen molar-refractivity contribution in [3.63, 3.8) is 0 Å². The summed E-state index contributed by atoms with van der Waals surface area (Å²) in [5, 5.41) is 11.6. The fraction of sp³-hybridized carbons (Fsp3) is 0.600. The Morgan fingerprint density at radius 1 is 1.43 bits per heavy atom. The fourth-order valence-electron chi connectivity index (χ4n) is 1.74. The average Bonchev–Trinajstić information content (AvgIpc) is 2.71. The first-order valence-corrected chi connectivity index (χ1v) is 5.01. The lowest BCUT2D eigenvalue weighted by molar-refractivity contribution is 0.671. The van der Waals surface area contributed by atoms with Crippen molar-refractivity contribution < 1.29 is 0 Å². The van der Waals surface area contributed by atoms with Crippen molar-refractivity contribution in [3.8, 4) is 0 Å². The highest BCUT2D eigenvalue weighted by atomic mass is 15.3. The molecule has 0 amide bonds. The Balaban J connectivity index is 2.09. The lowest BCUT2D eigenvalue weighted by Crippen LogP contribution is -2.34. The third-order valence-electron chi connectivity index (χ3n) is 2.73. The number of nitrogens with zero attached hydrogens (tertiary/aromatic N) is 3. The molecule has 0 aromatic carbocycles. The molecule has 1 aromatic heterocycles. The molecular formula is C10H16N4. The van der Waals surface area contributed by atoms with Crippen molar-refractivity contribution in [2.75, 3.05) is 25.0 Å². The molecule has 0 bridgehead atoms. The van der Waals surface area contributed by atoms with Gasteiger partial charge < -0.3 is 10.2 Å². The van der Waals surface area contributed by atoms with Gasteiger partial charge in [0.1, 0.15) is 0 Å². The van der Waals surface area contributed by atoms with Crippen molar-refractivity contribution in [2.24, 2.45) is 0 Å². The molecule has 1 fully saturated rings. The lowest BCUT2D eigenvalue weighted by Gasteiger charge is -2.24. The van der Waals surface area contributed by atoms with Gasteiger partial charge in [-0.3, -0.25) is 0 Å². The van der Waals surface area contributed by atoms with Crippen LogP contribution in [-0.2, 0) is 0 Å². The van der Waals surface area contributed by atoms with E-state index in [-0.39, 0.29) is 0 Å².